The van der Waals surface area contributed by atoms with Crippen LogP contribution in [0.1, 0.15) is 52.4 Å². The molecule has 6 nitrogen and oxygen atoms in total. The highest BCUT2D eigenvalue weighted by molar-refractivity contribution is 5.37. The maximum atomic E-state index is 5.78. The fraction of sp³-hybridized carbons (Fsp3) is 0.786. The Morgan fingerprint density at radius 3 is 2.55 bits per heavy atom. The van der Waals surface area contributed by atoms with Crippen molar-refractivity contribution >= 4 is 11.9 Å². The first-order chi connectivity index (χ1) is 9.74. The average Bonchev–Trinajstić information content (AvgIpc) is 2.46. The van der Waals surface area contributed by atoms with E-state index in [1.807, 2.05) is 6.92 Å². The van der Waals surface area contributed by atoms with Crippen molar-refractivity contribution < 1.29 is 4.74 Å². The van der Waals surface area contributed by atoms with Crippen molar-refractivity contribution in [2.45, 2.75) is 58.4 Å². The molecule has 2 N–H and O–H groups in total. The summed E-state index contributed by atoms with van der Waals surface area (Å²) in [6.45, 7) is 5.65. The molecule has 0 amide bonds. The zero-order valence-corrected chi connectivity index (χ0v) is 12.5. The summed E-state index contributed by atoms with van der Waals surface area (Å²) >= 11 is 0. The first kappa shape index (κ1) is 14.8. The summed E-state index contributed by atoms with van der Waals surface area (Å²) in [5.74, 6) is 0.883. The van der Waals surface area contributed by atoms with Gasteiger partial charge in [-0.1, -0.05) is 26.2 Å². The standard InChI is InChI=1S/C14H25N5O/c1-3-10-20-14-17-12(15)16-13(18-14)19(4-2)11-8-6-5-7-9-11/h11H,3-10H2,1-2H3,(H2,15,16,17,18). The van der Waals surface area contributed by atoms with E-state index >= 15 is 0 Å². The third kappa shape index (κ3) is 3.71. The monoisotopic (exact) mass is 279 g/mol. The molecule has 1 aromatic heterocycles. The Morgan fingerprint density at radius 1 is 1.15 bits per heavy atom. The summed E-state index contributed by atoms with van der Waals surface area (Å²) in [5.41, 5.74) is 5.78. The SMILES string of the molecule is CCCOc1nc(N)nc(N(CC)C2CCCCC2)n1. The third-order valence-corrected chi connectivity index (χ3v) is 3.67. The molecular formula is C14H25N5O. The van der Waals surface area contributed by atoms with E-state index in [1.54, 1.807) is 0 Å². The van der Waals surface area contributed by atoms with Crippen LogP contribution in [0.25, 0.3) is 0 Å². The van der Waals surface area contributed by atoms with E-state index in [1.165, 1.54) is 32.1 Å². The molecule has 20 heavy (non-hydrogen) atoms. The Labute approximate surface area is 120 Å². The molecule has 1 heterocycles. The van der Waals surface area contributed by atoms with Crippen molar-refractivity contribution in [3.63, 3.8) is 0 Å². The first-order valence-electron chi connectivity index (χ1n) is 7.65. The van der Waals surface area contributed by atoms with Crippen LogP contribution in [0.2, 0.25) is 0 Å². The van der Waals surface area contributed by atoms with Crippen molar-refractivity contribution in [1.82, 2.24) is 15.0 Å². The Bertz CT molecular complexity index is 420. The summed E-state index contributed by atoms with van der Waals surface area (Å²) in [4.78, 5) is 15.0. The summed E-state index contributed by atoms with van der Waals surface area (Å²) in [6.07, 6.45) is 7.20. The number of nitrogen functional groups attached to an aromatic ring is 1. The predicted octanol–water partition coefficient (Wildman–Crippen LogP) is 2.40. The smallest absolute Gasteiger partial charge is 0.323 e. The topological polar surface area (TPSA) is 77.2 Å². The van der Waals surface area contributed by atoms with Crippen molar-refractivity contribution in [1.29, 1.82) is 0 Å². The van der Waals surface area contributed by atoms with Crippen molar-refractivity contribution in [2.24, 2.45) is 0 Å². The summed E-state index contributed by atoms with van der Waals surface area (Å²) in [6, 6.07) is 0.846. The van der Waals surface area contributed by atoms with Gasteiger partial charge in [0.05, 0.1) is 6.61 Å². The molecule has 1 aromatic rings. The lowest BCUT2D eigenvalue weighted by Gasteiger charge is -2.33. The zero-order chi connectivity index (χ0) is 14.4. The average molecular weight is 279 g/mol. The summed E-state index contributed by atoms with van der Waals surface area (Å²) < 4.78 is 5.49. The van der Waals surface area contributed by atoms with Crippen LogP contribution < -0.4 is 15.4 Å². The molecule has 112 valence electrons. The van der Waals surface area contributed by atoms with Gasteiger partial charge in [-0.25, -0.2) is 0 Å². The van der Waals surface area contributed by atoms with Crippen molar-refractivity contribution in [3.8, 4) is 6.01 Å². The third-order valence-electron chi connectivity index (χ3n) is 3.67. The molecular weight excluding hydrogens is 254 g/mol. The highest BCUT2D eigenvalue weighted by Gasteiger charge is 2.23. The van der Waals surface area contributed by atoms with E-state index < -0.39 is 0 Å². The van der Waals surface area contributed by atoms with E-state index in [4.69, 9.17) is 10.5 Å². The highest BCUT2D eigenvalue weighted by Crippen LogP contribution is 2.26. The first-order valence-corrected chi connectivity index (χ1v) is 7.65. The maximum Gasteiger partial charge on any atom is 0.323 e. The lowest BCUT2D eigenvalue weighted by atomic mass is 9.94. The van der Waals surface area contributed by atoms with Gasteiger partial charge in [-0.15, -0.1) is 0 Å². The van der Waals surface area contributed by atoms with Crippen LogP contribution in [-0.4, -0.2) is 34.1 Å². The molecule has 1 saturated carbocycles. The van der Waals surface area contributed by atoms with Gasteiger partial charge >= 0.3 is 6.01 Å². The largest absolute Gasteiger partial charge is 0.463 e. The summed E-state index contributed by atoms with van der Waals surface area (Å²) in [5, 5.41) is 0. The van der Waals surface area contributed by atoms with Gasteiger partial charge in [-0.2, -0.15) is 15.0 Å². The highest BCUT2D eigenvalue weighted by atomic mass is 16.5. The number of rotatable bonds is 6. The van der Waals surface area contributed by atoms with Crippen molar-refractivity contribution in [3.05, 3.63) is 0 Å². The normalized spacial score (nSPS) is 16.1. The van der Waals surface area contributed by atoms with Crippen LogP contribution in [-0.2, 0) is 0 Å². The minimum atomic E-state index is 0.232. The molecule has 1 aliphatic carbocycles. The number of aromatic nitrogens is 3. The molecule has 0 bridgehead atoms. The number of ether oxygens (including phenoxy) is 1. The fourth-order valence-electron chi connectivity index (χ4n) is 2.70. The minimum Gasteiger partial charge on any atom is -0.463 e. The van der Waals surface area contributed by atoms with E-state index in [9.17, 15) is 0 Å². The second kappa shape index (κ2) is 7.26. The Morgan fingerprint density at radius 2 is 1.90 bits per heavy atom. The number of hydrogen-bond acceptors (Lipinski definition) is 6. The number of anilines is 2. The zero-order valence-electron chi connectivity index (χ0n) is 12.5. The van der Waals surface area contributed by atoms with Crippen LogP contribution in [0.5, 0.6) is 6.01 Å². The molecule has 0 aromatic carbocycles. The van der Waals surface area contributed by atoms with Crippen LogP contribution in [0, 0.1) is 0 Å². The van der Waals surface area contributed by atoms with Gasteiger partial charge in [-0.05, 0) is 26.2 Å². The number of nitrogens with zero attached hydrogens (tertiary/aromatic N) is 4. The predicted molar refractivity (Wildman–Crippen MR) is 79.9 cm³/mol. The number of nitrogens with two attached hydrogens (primary N) is 1. The molecule has 0 radical (unpaired) electrons. The molecule has 0 spiro atoms. The van der Waals surface area contributed by atoms with Gasteiger partial charge in [0.25, 0.3) is 0 Å². The van der Waals surface area contributed by atoms with Gasteiger partial charge in [0.1, 0.15) is 0 Å². The van der Waals surface area contributed by atoms with Gasteiger partial charge in [0.2, 0.25) is 11.9 Å². The van der Waals surface area contributed by atoms with E-state index in [0.717, 1.165) is 13.0 Å². The molecule has 1 fully saturated rings. The van der Waals surface area contributed by atoms with Gasteiger partial charge < -0.3 is 15.4 Å². The van der Waals surface area contributed by atoms with Gasteiger partial charge in [-0.3, -0.25) is 0 Å². The molecule has 0 unspecified atom stereocenters. The maximum absolute atomic E-state index is 5.78. The minimum absolute atomic E-state index is 0.232. The van der Waals surface area contributed by atoms with Crippen LogP contribution in [0.4, 0.5) is 11.9 Å². The number of hydrogen-bond donors (Lipinski definition) is 1. The van der Waals surface area contributed by atoms with Gasteiger partial charge in [0, 0.05) is 12.6 Å². The van der Waals surface area contributed by atoms with Crippen molar-refractivity contribution in [2.75, 3.05) is 23.8 Å². The Balaban J connectivity index is 2.17. The Hall–Kier alpha value is -1.59. The van der Waals surface area contributed by atoms with Gasteiger partial charge in [0.15, 0.2) is 0 Å². The molecule has 1 aliphatic rings. The van der Waals surface area contributed by atoms with Crippen LogP contribution in [0.15, 0.2) is 0 Å². The molecule has 6 heteroatoms. The van der Waals surface area contributed by atoms with E-state index in [2.05, 4.69) is 26.8 Å². The van der Waals surface area contributed by atoms with E-state index in [0.29, 0.717) is 24.6 Å². The Kier molecular flexibility index (Phi) is 5.38. The van der Waals surface area contributed by atoms with Crippen LogP contribution in [0.3, 0.4) is 0 Å². The summed E-state index contributed by atoms with van der Waals surface area (Å²) in [7, 11) is 0. The second-order valence-corrected chi connectivity index (χ2v) is 5.20. The van der Waals surface area contributed by atoms with E-state index in [-0.39, 0.29) is 5.95 Å². The molecule has 0 aliphatic heterocycles. The lowest BCUT2D eigenvalue weighted by Crippen LogP contribution is -2.38. The second-order valence-electron chi connectivity index (χ2n) is 5.20. The molecule has 0 atom stereocenters. The van der Waals surface area contributed by atoms with Crippen LogP contribution >= 0.6 is 0 Å². The molecule has 0 saturated heterocycles. The fourth-order valence-corrected chi connectivity index (χ4v) is 2.70. The lowest BCUT2D eigenvalue weighted by molar-refractivity contribution is 0.291. The quantitative estimate of drug-likeness (QED) is 0.861. The molecule has 2 rings (SSSR count).